The van der Waals surface area contributed by atoms with Crippen molar-refractivity contribution in [1.82, 2.24) is 0 Å². The number of aryl methyl sites for hydroxylation is 1. The highest BCUT2D eigenvalue weighted by Gasteiger charge is 2.10. The lowest BCUT2D eigenvalue weighted by molar-refractivity contribution is -0.149. The molecule has 0 spiro atoms. The van der Waals surface area contributed by atoms with Crippen LogP contribution >= 0.6 is 15.9 Å². The lowest BCUT2D eigenvalue weighted by Gasteiger charge is -2.10. The van der Waals surface area contributed by atoms with Crippen LogP contribution in [0.15, 0.2) is 46.9 Å². The highest BCUT2D eigenvalue weighted by atomic mass is 79.9. The van der Waals surface area contributed by atoms with Gasteiger partial charge in [-0.25, -0.2) is 9.18 Å². The number of nitrogens with one attached hydrogen (secondary N) is 1. The van der Waals surface area contributed by atoms with Crippen LogP contribution in [0.25, 0.3) is 0 Å². The average Bonchev–Trinajstić information content (AvgIpc) is 2.55. The zero-order valence-corrected chi connectivity index (χ0v) is 14.4. The highest BCUT2D eigenvalue weighted by Crippen LogP contribution is 2.19. The van der Waals surface area contributed by atoms with E-state index in [0.717, 1.165) is 10.0 Å². The molecule has 2 aromatic carbocycles. The first kappa shape index (κ1) is 17.9. The number of hydrogen-bond acceptors (Lipinski definition) is 4. The molecule has 0 bridgehead atoms. The van der Waals surface area contributed by atoms with E-state index in [4.69, 9.17) is 9.47 Å². The van der Waals surface area contributed by atoms with E-state index >= 15 is 0 Å². The van der Waals surface area contributed by atoms with E-state index in [-0.39, 0.29) is 6.61 Å². The van der Waals surface area contributed by atoms with Gasteiger partial charge in [0.1, 0.15) is 11.6 Å². The van der Waals surface area contributed by atoms with Crippen LogP contribution in [-0.2, 0) is 14.3 Å². The third-order valence-electron chi connectivity index (χ3n) is 3.00. The van der Waals surface area contributed by atoms with Gasteiger partial charge in [0.15, 0.2) is 13.2 Å². The molecule has 0 aliphatic heterocycles. The topological polar surface area (TPSA) is 64.6 Å². The van der Waals surface area contributed by atoms with Crippen LogP contribution in [-0.4, -0.2) is 25.1 Å². The van der Waals surface area contributed by atoms with Gasteiger partial charge in [-0.05, 0) is 55.0 Å². The van der Waals surface area contributed by atoms with Gasteiger partial charge in [-0.15, -0.1) is 0 Å². The number of benzene rings is 2. The van der Waals surface area contributed by atoms with E-state index in [2.05, 4.69) is 21.2 Å². The summed E-state index contributed by atoms with van der Waals surface area (Å²) >= 11 is 3.34. The van der Waals surface area contributed by atoms with Gasteiger partial charge >= 0.3 is 5.97 Å². The molecule has 1 amide bonds. The Hall–Kier alpha value is -2.41. The van der Waals surface area contributed by atoms with Crippen molar-refractivity contribution < 1.29 is 23.5 Å². The number of esters is 1. The number of amides is 1. The Morgan fingerprint density at radius 1 is 1.12 bits per heavy atom. The zero-order valence-electron chi connectivity index (χ0n) is 12.8. The van der Waals surface area contributed by atoms with Crippen molar-refractivity contribution in [1.29, 1.82) is 0 Å². The SMILES string of the molecule is Cc1cc(Br)ccc1NC(=O)COC(=O)COc1ccc(F)cc1. The molecule has 0 atom stereocenters. The Morgan fingerprint density at radius 3 is 2.50 bits per heavy atom. The molecular weight excluding hydrogens is 381 g/mol. The maximum Gasteiger partial charge on any atom is 0.344 e. The predicted molar refractivity (Wildman–Crippen MR) is 90.4 cm³/mol. The molecule has 0 saturated carbocycles. The lowest BCUT2D eigenvalue weighted by atomic mass is 10.2. The van der Waals surface area contributed by atoms with Crippen LogP contribution in [0, 0.1) is 12.7 Å². The number of anilines is 1. The standard InChI is InChI=1S/C17H15BrFNO4/c1-11-8-12(18)2-7-15(11)20-16(21)9-24-17(22)10-23-14-5-3-13(19)4-6-14/h2-8H,9-10H2,1H3,(H,20,21). The van der Waals surface area contributed by atoms with Crippen molar-refractivity contribution in [3.8, 4) is 5.75 Å². The van der Waals surface area contributed by atoms with Crippen molar-refractivity contribution in [2.24, 2.45) is 0 Å². The van der Waals surface area contributed by atoms with Crippen LogP contribution in [0.2, 0.25) is 0 Å². The largest absolute Gasteiger partial charge is 0.482 e. The first-order valence-electron chi connectivity index (χ1n) is 7.04. The maximum absolute atomic E-state index is 12.7. The van der Waals surface area contributed by atoms with Gasteiger partial charge in [-0.1, -0.05) is 15.9 Å². The Bertz CT molecular complexity index is 734. The molecule has 1 N–H and O–H groups in total. The Balaban J connectivity index is 1.74. The van der Waals surface area contributed by atoms with Crippen molar-refractivity contribution in [2.45, 2.75) is 6.92 Å². The van der Waals surface area contributed by atoms with Gasteiger partial charge in [0.25, 0.3) is 5.91 Å². The molecule has 2 rings (SSSR count). The summed E-state index contributed by atoms with van der Waals surface area (Å²) < 4.78 is 23.6. The molecule has 0 fully saturated rings. The molecule has 24 heavy (non-hydrogen) atoms. The normalized spacial score (nSPS) is 10.1. The molecular formula is C17H15BrFNO4. The predicted octanol–water partition coefficient (Wildman–Crippen LogP) is 3.46. The first-order chi connectivity index (χ1) is 11.4. The fraction of sp³-hybridized carbons (Fsp3) is 0.176. The molecule has 0 aliphatic carbocycles. The summed E-state index contributed by atoms with van der Waals surface area (Å²) in [4.78, 5) is 23.3. The second kappa shape index (κ2) is 8.44. The Kier molecular flexibility index (Phi) is 6.31. The summed E-state index contributed by atoms with van der Waals surface area (Å²) in [6.07, 6.45) is 0. The molecule has 0 aromatic heterocycles. The van der Waals surface area contributed by atoms with E-state index in [1.807, 2.05) is 13.0 Å². The maximum atomic E-state index is 12.7. The molecule has 5 nitrogen and oxygen atoms in total. The minimum atomic E-state index is -0.693. The minimum absolute atomic E-state index is 0.336. The number of halogens is 2. The zero-order chi connectivity index (χ0) is 17.5. The third kappa shape index (κ3) is 5.66. The third-order valence-corrected chi connectivity index (χ3v) is 3.49. The Labute approximate surface area is 146 Å². The van der Waals surface area contributed by atoms with E-state index < -0.39 is 24.3 Å². The summed E-state index contributed by atoms with van der Waals surface area (Å²) in [6, 6.07) is 10.6. The average molecular weight is 396 g/mol. The van der Waals surface area contributed by atoms with Gasteiger partial charge in [-0.3, -0.25) is 4.79 Å². The van der Waals surface area contributed by atoms with Gasteiger partial charge < -0.3 is 14.8 Å². The first-order valence-corrected chi connectivity index (χ1v) is 7.83. The summed E-state index contributed by atoms with van der Waals surface area (Å²) in [7, 11) is 0. The summed E-state index contributed by atoms with van der Waals surface area (Å²) in [5.41, 5.74) is 1.52. The smallest absolute Gasteiger partial charge is 0.344 e. The van der Waals surface area contributed by atoms with Crippen molar-refractivity contribution in [2.75, 3.05) is 18.5 Å². The molecule has 2 aromatic rings. The summed E-state index contributed by atoms with van der Waals surface area (Å²) in [5.74, 6) is -1.20. The molecule has 0 heterocycles. The van der Waals surface area contributed by atoms with Crippen molar-refractivity contribution in [3.63, 3.8) is 0 Å². The van der Waals surface area contributed by atoms with E-state index in [1.54, 1.807) is 12.1 Å². The monoisotopic (exact) mass is 395 g/mol. The van der Waals surface area contributed by atoms with Crippen LogP contribution in [0.3, 0.4) is 0 Å². The fourth-order valence-corrected chi connectivity index (χ4v) is 2.29. The van der Waals surface area contributed by atoms with E-state index in [9.17, 15) is 14.0 Å². The summed E-state index contributed by atoms with van der Waals surface area (Å²) in [5, 5.41) is 2.65. The van der Waals surface area contributed by atoms with Gasteiger partial charge in [0, 0.05) is 10.2 Å². The molecule has 0 aliphatic rings. The molecule has 0 unspecified atom stereocenters. The highest BCUT2D eigenvalue weighted by molar-refractivity contribution is 9.10. The number of hydrogen-bond donors (Lipinski definition) is 1. The molecule has 0 radical (unpaired) electrons. The number of carbonyl (C=O) groups is 2. The fourth-order valence-electron chi connectivity index (χ4n) is 1.81. The Morgan fingerprint density at radius 2 is 1.83 bits per heavy atom. The molecule has 7 heteroatoms. The van der Waals surface area contributed by atoms with Gasteiger partial charge in [-0.2, -0.15) is 0 Å². The van der Waals surface area contributed by atoms with Gasteiger partial charge in [0.05, 0.1) is 0 Å². The van der Waals surface area contributed by atoms with Crippen LogP contribution in [0.4, 0.5) is 10.1 Å². The van der Waals surface area contributed by atoms with Crippen LogP contribution in [0.5, 0.6) is 5.75 Å². The van der Waals surface area contributed by atoms with E-state index in [0.29, 0.717) is 11.4 Å². The van der Waals surface area contributed by atoms with Crippen LogP contribution < -0.4 is 10.1 Å². The van der Waals surface area contributed by atoms with Crippen LogP contribution in [0.1, 0.15) is 5.56 Å². The van der Waals surface area contributed by atoms with E-state index in [1.165, 1.54) is 24.3 Å². The van der Waals surface area contributed by atoms with Crippen molar-refractivity contribution >= 4 is 33.5 Å². The molecule has 0 saturated heterocycles. The number of carbonyl (C=O) groups excluding carboxylic acids is 2. The second-order valence-electron chi connectivity index (χ2n) is 4.91. The summed E-state index contributed by atoms with van der Waals surface area (Å²) in [6.45, 7) is 1.07. The number of ether oxygens (including phenoxy) is 2. The second-order valence-corrected chi connectivity index (χ2v) is 5.83. The van der Waals surface area contributed by atoms with Gasteiger partial charge in [0.2, 0.25) is 0 Å². The minimum Gasteiger partial charge on any atom is -0.482 e. The van der Waals surface area contributed by atoms with Crippen molar-refractivity contribution in [3.05, 3.63) is 58.3 Å². The quantitative estimate of drug-likeness (QED) is 0.760. The number of rotatable bonds is 6. The lowest BCUT2D eigenvalue weighted by Crippen LogP contribution is -2.24. The molecule has 126 valence electrons.